The van der Waals surface area contributed by atoms with E-state index in [2.05, 4.69) is 5.32 Å². The number of rotatable bonds is 3. The molecular formula is C23H16Cl2N2O. The minimum Gasteiger partial charge on any atom is -0.319 e. The second-order valence-electron chi connectivity index (χ2n) is 6.39. The summed E-state index contributed by atoms with van der Waals surface area (Å²) in [5.41, 5.74) is 4.23. The van der Waals surface area contributed by atoms with Gasteiger partial charge in [0.25, 0.3) is 5.91 Å². The zero-order valence-corrected chi connectivity index (χ0v) is 16.6. The van der Waals surface area contributed by atoms with Gasteiger partial charge in [0.2, 0.25) is 0 Å². The van der Waals surface area contributed by atoms with Crippen LogP contribution in [0.3, 0.4) is 0 Å². The Kier molecular flexibility index (Phi) is 5.03. The number of aromatic nitrogens is 1. The van der Waals surface area contributed by atoms with Gasteiger partial charge in [-0.15, -0.1) is 0 Å². The van der Waals surface area contributed by atoms with E-state index in [1.807, 2.05) is 61.5 Å². The largest absolute Gasteiger partial charge is 0.319 e. The van der Waals surface area contributed by atoms with Crippen LogP contribution in [0.15, 0.2) is 72.8 Å². The number of carbonyl (C=O) groups excluding carboxylic acids is 1. The topological polar surface area (TPSA) is 42.0 Å². The average Bonchev–Trinajstić information content (AvgIpc) is 2.71. The molecule has 0 fully saturated rings. The predicted molar refractivity (Wildman–Crippen MR) is 116 cm³/mol. The number of halogens is 2. The zero-order chi connectivity index (χ0) is 19.7. The van der Waals surface area contributed by atoms with Crippen LogP contribution in [0.25, 0.3) is 22.2 Å². The van der Waals surface area contributed by atoms with Crippen molar-refractivity contribution in [2.24, 2.45) is 0 Å². The van der Waals surface area contributed by atoms with Gasteiger partial charge in [0.15, 0.2) is 0 Å². The van der Waals surface area contributed by atoms with Crippen LogP contribution in [-0.2, 0) is 0 Å². The summed E-state index contributed by atoms with van der Waals surface area (Å²) in [5.74, 6) is -0.275. The molecule has 0 spiro atoms. The Bertz CT molecular complexity index is 1170. The fourth-order valence-corrected chi connectivity index (χ4v) is 3.76. The number of fused-ring (bicyclic) bond motifs is 1. The highest BCUT2D eigenvalue weighted by Gasteiger charge is 2.20. The van der Waals surface area contributed by atoms with E-state index in [1.54, 1.807) is 18.2 Å². The first-order valence-corrected chi connectivity index (χ1v) is 9.52. The number of pyridine rings is 1. The number of hydrogen-bond donors (Lipinski definition) is 1. The van der Waals surface area contributed by atoms with Crippen molar-refractivity contribution in [1.29, 1.82) is 0 Å². The van der Waals surface area contributed by atoms with Gasteiger partial charge in [0, 0.05) is 10.9 Å². The Balaban J connectivity index is 1.90. The average molecular weight is 407 g/mol. The number of para-hydroxylation sites is 2. The fourth-order valence-electron chi connectivity index (χ4n) is 3.27. The van der Waals surface area contributed by atoms with Gasteiger partial charge < -0.3 is 5.32 Å². The first kappa shape index (κ1) is 18.5. The lowest BCUT2D eigenvalue weighted by Crippen LogP contribution is -2.16. The Morgan fingerprint density at radius 1 is 0.857 bits per heavy atom. The van der Waals surface area contributed by atoms with Crippen LogP contribution in [0.5, 0.6) is 0 Å². The lowest BCUT2D eigenvalue weighted by Gasteiger charge is -2.16. The molecule has 4 aromatic rings. The van der Waals surface area contributed by atoms with Gasteiger partial charge in [-0.3, -0.25) is 4.79 Å². The van der Waals surface area contributed by atoms with Crippen molar-refractivity contribution in [3.63, 3.8) is 0 Å². The molecule has 0 saturated carbocycles. The number of hydrogen-bond acceptors (Lipinski definition) is 2. The van der Waals surface area contributed by atoms with Crippen molar-refractivity contribution < 1.29 is 4.79 Å². The number of nitrogens with zero attached hydrogens (tertiary/aromatic N) is 1. The van der Waals surface area contributed by atoms with E-state index in [0.29, 0.717) is 21.3 Å². The van der Waals surface area contributed by atoms with Gasteiger partial charge in [0.05, 0.1) is 32.5 Å². The van der Waals surface area contributed by atoms with Gasteiger partial charge in [-0.1, -0.05) is 77.8 Å². The standard InChI is InChI=1S/C23H16Cl2N2O/c1-14-20(23(28)27-22-17(24)11-7-12-18(22)25)16-10-5-6-13-19(16)26-21(14)15-8-3-2-4-9-15/h2-13H,1H3,(H,27,28). The van der Waals surface area contributed by atoms with Crippen LogP contribution in [-0.4, -0.2) is 10.9 Å². The Morgan fingerprint density at radius 3 is 2.21 bits per heavy atom. The van der Waals surface area contributed by atoms with Crippen LogP contribution in [0.1, 0.15) is 15.9 Å². The summed E-state index contributed by atoms with van der Waals surface area (Å²) in [6.45, 7) is 1.91. The molecule has 1 heterocycles. The molecule has 3 nitrogen and oxygen atoms in total. The van der Waals surface area contributed by atoms with Crippen molar-refractivity contribution >= 4 is 45.7 Å². The Hall–Kier alpha value is -2.88. The third kappa shape index (κ3) is 3.35. The van der Waals surface area contributed by atoms with Crippen LogP contribution in [0, 0.1) is 6.92 Å². The molecule has 1 aromatic heterocycles. The highest BCUT2D eigenvalue weighted by Crippen LogP contribution is 2.33. The van der Waals surface area contributed by atoms with E-state index in [1.165, 1.54) is 0 Å². The molecule has 5 heteroatoms. The summed E-state index contributed by atoms with van der Waals surface area (Å²) < 4.78 is 0. The van der Waals surface area contributed by atoms with Crippen molar-refractivity contribution in [1.82, 2.24) is 4.98 Å². The van der Waals surface area contributed by atoms with Crippen molar-refractivity contribution in [3.8, 4) is 11.3 Å². The van der Waals surface area contributed by atoms with Crippen molar-refractivity contribution in [2.45, 2.75) is 6.92 Å². The van der Waals surface area contributed by atoms with Crippen molar-refractivity contribution in [3.05, 3.63) is 94.0 Å². The fraction of sp³-hybridized carbons (Fsp3) is 0.0435. The second kappa shape index (κ2) is 7.63. The van der Waals surface area contributed by atoms with E-state index >= 15 is 0 Å². The zero-order valence-electron chi connectivity index (χ0n) is 15.0. The van der Waals surface area contributed by atoms with E-state index in [0.717, 1.165) is 27.7 Å². The van der Waals surface area contributed by atoms with Crippen molar-refractivity contribution in [2.75, 3.05) is 5.32 Å². The van der Waals surface area contributed by atoms with Crippen LogP contribution in [0.2, 0.25) is 10.0 Å². The number of nitrogens with one attached hydrogen (secondary N) is 1. The molecule has 4 rings (SSSR count). The van der Waals surface area contributed by atoms with E-state index in [-0.39, 0.29) is 5.91 Å². The molecule has 1 amide bonds. The quantitative estimate of drug-likeness (QED) is 0.407. The number of amides is 1. The van der Waals surface area contributed by atoms with Gasteiger partial charge in [-0.25, -0.2) is 4.98 Å². The summed E-state index contributed by atoms with van der Waals surface area (Å²) >= 11 is 12.5. The Morgan fingerprint density at radius 2 is 1.50 bits per heavy atom. The van der Waals surface area contributed by atoms with Gasteiger partial charge in [-0.2, -0.15) is 0 Å². The maximum atomic E-state index is 13.3. The number of carbonyl (C=O) groups is 1. The van der Waals surface area contributed by atoms with Gasteiger partial charge >= 0.3 is 0 Å². The van der Waals surface area contributed by atoms with E-state index < -0.39 is 0 Å². The highest BCUT2D eigenvalue weighted by atomic mass is 35.5. The molecule has 1 N–H and O–H groups in total. The SMILES string of the molecule is Cc1c(-c2ccccc2)nc2ccccc2c1C(=O)Nc1c(Cl)cccc1Cl. The first-order valence-electron chi connectivity index (χ1n) is 8.76. The summed E-state index contributed by atoms with van der Waals surface area (Å²) in [7, 11) is 0. The molecule has 0 aliphatic heterocycles. The van der Waals surface area contributed by atoms with Gasteiger partial charge in [-0.05, 0) is 30.7 Å². The van der Waals surface area contributed by atoms with Crippen LogP contribution < -0.4 is 5.32 Å². The molecule has 0 atom stereocenters. The summed E-state index contributed by atoms with van der Waals surface area (Å²) in [6.07, 6.45) is 0. The third-order valence-electron chi connectivity index (χ3n) is 4.61. The first-order chi connectivity index (χ1) is 13.6. The van der Waals surface area contributed by atoms with Crippen LogP contribution in [0.4, 0.5) is 5.69 Å². The summed E-state index contributed by atoms with van der Waals surface area (Å²) in [5, 5.41) is 4.43. The second-order valence-corrected chi connectivity index (χ2v) is 7.21. The van der Waals surface area contributed by atoms with E-state index in [9.17, 15) is 4.79 Å². The molecule has 138 valence electrons. The smallest absolute Gasteiger partial charge is 0.256 e. The summed E-state index contributed by atoms with van der Waals surface area (Å²) in [6, 6.07) is 22.5. The predicted octanol–water partition coefficient (Wildman–Crippen LogP) is 6.77. The van der Waals surface area contributed by atoms with E-state index in [4.69, 9.17) is 28.2 Å². The highest BCUT2D eigenvalue weighted by molar-refractivity contribution is 6.40. The number of anilines is 1. The maximum Gasteiger partial charge on any atom is 0.256 e. The lowest BCUT2D eigenvalue weighted by atomic mass is 9.97. The third-order valence-corrected chi connectivity index (χ3v) is 5.24. The number of benzene rings is 3. The minimum atomic E-state index is -0.275. The molecule has 0 unspecified atom stereocenters. The Labute approximate surface area is 172 Å². The molecule has 0 radical (unpaired) electrons. The minimum absolute atomic E-state index is 0.275. The molecule has 0 saturated heterocycles. The molecule has 3 aromatic carbocycles. The molecule has 28 heavy (non-hydrogen) atoms. The van der Waals surface area contributed by atoms with Gasteiger partial charge in [0.1, 0.15) is 0 Å². The molecule has 0 bridgehead atoms. The summed E-state index contributed by atoms with van der Waals surface area (Å²) in [4.78, 5) is 18.1. The molecule has 0 aliphatic rings. The van der Waals surface area contributed by atoms with Crippen LogP contribution >= 0.6 is 23.2 Å². The normalized spacial score (nSPS) is 10.8. The monoisotopic (exact) mass is 406 g/mol. The molecule has 0 aliphatic carbocycles. The lowest BCUT2D eigenvalue weighted by molar-refractivity contribution is 0.102. The maximum absolute atomic E-state index is 13.3. The molecular weight excluding hydrogens is 391 g/mol.